The van der Waals surface area contributed by atoms with Crippen LogP contribution in [0.15, 0.2) is 47.1 Å². The zero-order valence-corrected chi connectivity index (χ0v) is 15.8. The molecular formula is C20H15ClF2N4O2. The van der Waals surface area contributed by atoms with Gasteiger partial charge in [-0.15, -0.1) is 0 Å². The van der Waals surface area contributed by atoms with Gasteiger partial charge in [0, 0.05) is 34.2 Å². The first kappa shape index (κ1) is 19.1. The van der Waals surface area contributed by atoms with Crippen LogP contribution < -0.4 is 5.32 Å². The molecule has 0 fully saturated rings. The van der Waals surface area contributed by atoms with E-state index >= 15 is 0 Å². The number of carbonyl (C=O) groups is 1. The van der Waals surface area contributed by atoms with Crippen LogP contribution in [0.5, 0.6) is 0 Å². The normalized spacial score (nSPS) is 11.1. The van der Waals surface area contributed by atoms with E-state index in [0.29, 0.717) is 18.0 Å². The molecule has 0 saturated carbocycles. The molecule has 148 valence electrons. The summed E-state index contributed by atoms with van der Waals surface area (Å²) in [6, 6.07) is 9.09. The fourth-order valence-electron chi connectivity index (χ4n) is 3.02. The van der Waals surface area contributed by atoms with Crippen molar-refractivity contribution >= 4 is 28.4 Å². The third-order valence-electron chi connectivity index (χ3n) is 4.47. The Hall–Kier alpha value is -3.26. The molecule has 0 bridgehead atoms. The highest BCUT2D eigenvalue weighted by molar-refractivity contribution is 6.31. The molecule has 1 amide bonds. The van der Waals surface area contributed by atoms with E-state index in [9.17, 15) is 13.6 Å². The van der Waals surface area contributed by atoms with Crippen LogP contribution in [0.1, 0.15) is 27.6 Å². The lowest BCUT2D eigenvalue weighted by molar-refractivity contribution is 0.0941. The molecule has 29 heavy (non-hydrogen) atoms. The first-order chi connectivity index (χ1) is 14.0. The van der Waals surface area contributed by atoms with Crippen LogP contribution in [0.2, 0.25) is 5.02 Å². The maximum atomic E-state index is 13.7. The van der Waals surface area contributed by atoms with Crippen LogP contribution in [0.4, 0.5) is 8.78 Å². The van der Waals surface area contributed by atoms with Gasteiger partial charge in [-0.25, -0.2) is 8.78 Å². The molecular weight excluding hydrogens is 402 g/mol. The van der Waals surface area contributed by atoms with Gasteiger partial charge in [-0.3, -0.25) is 4.79 Å². The Morgan fingerprint density at radius 2 is 2.00 bits per heavy atom. The molecule has 0 spiro atoms. The van der Waals surface area contributed by atoms with E-state index in [4.69, 9.17) is 16.1 Å². The van der Waals surface area contributed by atoms with Gasteiger partial charge in [0.2, 0.25) is 5.89 Å². The van der Waals surface area contributed by atoms with E-state index in [-0.39, 0.29) is 23.7 Å². The van der Waals surface area contributed by atoms with Crippen molar-refractivity contribution in [3.8, 4) is 0 Å². The molecule has 2 heterocycles. The van der Waals surface area contributed by atoms with Crippen molar-refractivity contribution < 1.29 is 18.1 Å². The number of halogens is 3. The Balaban J connectivity index is 1.37. The molecule has 9 heteroatoms. The van der Waals surface area contributed by atoms with Crippen LogP contribution in [0, 0.1) is 11.6 Å². The maximum absolute atomic E-state index is 13.7. The van der Waals surface area contributed by atoms with E-state index in [2.05, 4.69) is 20.4 Å². The van der Waals surface area contributed by atoms with Crippen LogP contribution >= 0.6 is 11.6 Å². The smallest absolute Gasteiger partial charge is 0.292 e. The van der Waals surface area contributed by atoms with Crippen molar-refractivity contribution in [3.63, 3.8) is 0 Å². The van der Waals surface area contributed by atoms with E-state index in [1.807, 2.05) is 18.3 Å². The molecule has 0 aliphatic carbocycles. The molecule has 0 aliphatic rings. The quantitative estimate of drug-likeness (QED) is 0.496. The average Bonchev–Trinajstić information content (AvgIpc) is 3.32. The first-order valence-corrected chi connectivity index (χ1v) is 9.18. The summed E-state index contributed by atoms with van der Waals surface area (Å²) in [6.45, 7) is 0.337. The van der Waals surface area contributed by atoms with Crippen molar-refractivity contribution in [2.75, 3.05) is 6.54 Å². The fraction of sp³-hybridized carbons (Fsp3) is 0.150. The van der Waals surface area contributed by atoms with Gasteiger partial charge < -0.3 is 14.8 Å². The molecule has 4 aromatic rings. The second kappa shape index (κ2) is 8.00. The van der Waals surface area contributed by atoms with Gasteiger partial charge in [-0.05, 0) is 42.3 Å². The maximum Gasteiger partial charge on any atom is 0.292 e. The molecule has 0 saturated heterocycles. The summed E-state index contributed by atoms with van der Waals surface area (Å²) >= 11 is 6.03. The number of hydrogen-bond donors (Lipinski definition) is 2. The summed E-state index contributed by atoms with van der Waals surface area (Å²) in [5.41, 5.74) is 1.77. The van der Waals surface area contributed by atoms with Crippen molar-refractivity contribution in [2.24, 2.45) is 0 Å². The largest absolute Gasteiger partial charge is 0.361 e. The molecule has 6 nitrogen and oxygen atoms in total. The summed E-state index contributed by atoms with van der Waals surface area (Å²) in [5.74, 6) is -2.21. The number of fused-ring (bicyclic) bond motifs is 1. The highest BCUT2D eigenvalue weighted by atomic mass is 35.5. The minimum absolute atomic E-state index is 0.0505. The lowest BCUT2D eigenvalue weighted by Gasteiger charge is -2.02. The lowest BCUT2D eigenvalue weighted by Crippen LogP contribution is -2.26. The number of amides is 1. The molecule has 2 aromatic carbocycles. The zero-order chi connectivity index (χ0) is 20.4. The van der Waals surface area contributed by atoms with E-state index in [1.165, 1.54) is 6.07 Å². The van der Waals surface area contributed by atoms with E-state index in [0.717, 1.165) is 28.6 Å². The Kier molecular flexibility index (Phi) is 5.26. The van der Waals surface area contributed by atoms with Crippen LogP contribution in [0.3, 0.4) is 0 Å². The number of carbonyl (C=O) groups excluding carboxylic acids is 1. The summed E-state index contributed by atoms with van der Waals surface area (Å²) in [5, 5.41) is 7.90. The molecule has 0 aliphatic heterocycles. The zero-order valence-electron chi connectivity index (χ0n) is 15.0. The Labute approximate surface area is 168 Å². The fourth-order valence-corrected chi connectivity index (χ4v) is 3.19. The van der Waals surface area contributed by atoms with Gasteiger partial charge in [0.05, 0.1) is 6.42 Å². The predicted octanol–water partition coefficient (Wildman–Crippen LogP) is 4.05. The Morgan fingerprint density at radius 1 is 1.21 bits per heavy atom. The second-order valence-electron chi connectivity index (χ2n) is 6.40. The highest BCUT2D eigenvalue weighted by Crippen LogP contribution is 2.22. The van der Waals surface area contributed by atoms with Gasteiger partial charge in [0.15, 0.2) is 0 Å². The third kappa shape index (κ3) is 4.12. The number of aromatic amines is 1. The highest BCUT2D eigenvalue weighted by Gasteiger charge is 2.17. The monoisotopic (exact) mass is 416 g/mol. The van der Waals surface area contributed by atoms with Crippen molar-refractivity contribution in [1.29, 1.82) is 0 Å². The number of H-pyrrole nitrogens is 1. The minimum atomic E-state index is -0.715. The van der Waals surface area contributed by atoms with Gasteiger partial charge in [0.1, 0.15) is 11.6 Å². The third-order valence-corrected chi connectivity index (χ3v) is 4.71. The first-order valence-electron chi connectivity index (χ1n) is 8.80. The molecule has 0 atom stereocenters. The Bertz CT molecular complexity index is 1170. The van der Waals surface area contributed by atoms with Crippen molar-refractivity contribution in [3.05, 3.63) is 82.1 Å². The van der Waals surface area contributed by atoms with Crippen LogP contribution in [-0.4, -0.2) is 27.6 Å². The molecule has 2 N–H and O–H groups in total. The van der Waals surface area contributed by atoms with Gasteiger partial charge in [0.25, 0.3) is 11.7 Å². The Morgan fingerprint density at radius 3 is 2.79 bits per heavy atom. The second-order valence-corrected chi connectivity index (χ2v) is 6.83. The average molecular weight is 417 g/mol. The minimum Gasteiger partial charge on any atom is -0.361 e. The standard InChI is InChI=1S/C20H15ClF2N4O2/c21-12-4-5-17-13(8-12)11(10-25-17)6-7-24-20(28)19-26-18(29-27-19)9-14-15(22)2-1-3-16(14)23/h1-5,8,10,25H,6-7,9H2,(H,24,28). The number of nitrogens with one attached hydrogen (secondary N) is 2. The summed E-state index contributed by atoms with van der Waals surface area (Å²) < 4.78 is 32.4. The van der Waals surface area contributed by atoms with Gasteiger partial charge >= 0.3 is 0 Å². The molecule has 0 radical (unpaired) electrons. The van der Waals surface area contributed by atoms with Crippen molar-refractivity contribution in [2.45, 2.75) is 12.8 Å². The lowest BCUT2D eigenvalue weighted by atomic mass is 10.1. The summed E-state index contributed by atoms with van der Waals surface area (Å²) in [7, 11) is 0. The molecule has 2 aromatic heterocycles. The molecule has 4 rings (SSSR count). The van der Waals surface area contributed by atoms with Crippen LogP contribution in [0.25, 0.3) is 10.9 Å². The summed E-state index contributed by atoms with van der Waals surface area (Å²) in [4.78, 5) is 19.3. The number of nitrogens with zero attached hydrogens (tertiary/aromatic N) is 2. The summed E-state index contributed by atoms with van der Waals surface area (Å²) in [6.07, 6.45) is 2.19. The number of aromatic nitrogens is 3. The van der Waals surface area contributed by atoms with Gasteiger partial charge in [-0.1, -0.05) is 22.8 Å². The number of hydrogen-bond acceptors (Lipinski definition) is 4. The number of rotatable bonds is 6. The van der Waals surface area contributed by atoms with Crippen molar-refractivity contribution in [1.82, 2.24) is 20.4 Å². The predicted molar refractivity (Wildman–Crippen MR) is 103 cm³/mol. The molecule has 0 unspecified atom stereocenters. The van der Waals surface area contributed by atoms with E-state index < -0.39 is 17.5 Å². The topological polar surface area (TPSA) is 83.8 Å². The van der Waals surface area contributed by atoms with E-state index in [1.54, 1.807) is 6.07 Å². The van der Waals surface area contributed by atoms with Crippen LogP contribution in [-0.2, 0) is 12.8 Å². The number of benzene rings is 2. The van der Waals surface area contributed by atoms with Gasteiger partial charge in [-0.2, -0.15) is 4.98 Å². The SMILES string of the molecule is O=C(NCCc1c[nH]c2ccc(Cl)cc12)c1noc(Cc2c(F)cccc2F)n1.